The van der Waals surface area contributed by atoms with Gasteiger partial charge in [0.2, 0.25) is 10.0 Å². The van der Waals surface area contributed by atoms with E-state index < -0.39 is 21.7 Å². The van der Waals surface area contributed by atoms with E-state index in [1.807, 2.05) is 47.0 Å². The van der Waals surface area contributed by atoms with Crippen molar-refractivity contribution in [1.82, 2.24) is 14.9 Å². The van der Waals surface area contributed by atoms with E-state index in [0.29, 0.717) is 39.1 Å². The number of anilines is 1. The van der Waals surface area contributed by atoms with E-state index in [1.165, 1.54) is 42.7 Å². The number of sulfonamides is 1. The average Bonchev–Trinajstić information content (AvgIpc) is 3.60. The second-order valence-corrected chi connectivity index (χ2v) is 12.0. The predicted octanol–water partition coefficient (Wildman–Crippen LogP) is 6.01. The first kappa shape index (κ1) is 28.0. The van der Waals surface area contributed by atoms with Gasteiger partial charge in [-0.15, -0.1) is 0 Å². The topological polar surface area (TPSA) is 107 Å². The number of nitrogens with zero attached hydrogens (tertiary/aromatic N) is 3. The van der Waals surface area contributed by atoms with Crippen molar-refractivity contribution in [2.75, 3.05) is 31.8 Å². The van der Waals surface area contributed by atoms with E-state index in [4.69, 9.17) is 9.15 Å². The molecule has 0 saturated carbocycles. The number of hydrogen-bond acceptors (Lipinski definition) is 6. The van der Waals surface area contributed by atoms with Gasteiger partial charge in [-0.25, -0.2) is 17.8 Å². The number of halogens is 1. The lowest BCUT2D eigenvalue weighted by Crippen LogP contribution is -2.25. The van der Waals surface area contributed by atoms with Crippen LogP contribution >= 0.6 is 0 Å². The van der Waals surface area contributed by atoms with E-state index in [0.717, 1.165) is 23.0 Å². The van der Waals surface area contributed by atoms with Crippen molar-refractivity contribution in [2.45, 2.75) is 0 Å². The Morgan fingerprint density at radius 2 is 1.77 bits per heavy atom. The van der Waals surface area contributed by atoms with E-state index in [-0.39, 0.29) is 11.3 Å². The summed E-state index contributed by atoms with van der Waals surface area (Å²) >= 11 is 0. The minimum absolute atomic E-state index is 0.242. The third-order valence-corrected chi connectivity index (χ3v) is 8.58. The highest BCUT2D eigenvalue weighted by atomic mass is 32.2. The third-order valence-electron chi connectivity index (χ3n) is 7.39. The normalized spacial score (nSPS) is 11.7. The summed E-state index contributed by atoms with van der Waals surface area (Å²) in [6.07, 6.45) is 2.83. The van der Waals surface area contributed by atoms with Crippen LogP contribution in [-0.4, -0.2) is 51.3 Å². The number of amides is 1. The van der Waals surface area contributed by atoms with Gasteiger partial charge >= 0.3 is 0 Å². The maximum absolute atomic E-state index is 13.7. The van der Waals surface area contributed by atoms with Gasteiger partial charge in [-0.3, -0.25) is 13.7 Å². The van der Waals surface area contributed by atoms with Crippen LogP contribution in [0, 0.1) is 5.82 Å². The number of methoxy groups -OCH3 is 1. The smallest absolute Gasteiger partial charge is 0.255 e. The Morgan fingerprint density at radius 3 is 2.47 bits per heavy atom. The molecule has 1 N–H and O–H groups in total. The highest BCUT2D eigenvalue weighted by Gasteiger charge is 2.26. The van der Waals surface area contributed by atoms with Crippen molar-refractivity contribution < 1.29 is 26.8 Å². The van der Waals surface area contributed by atoms with Gasteiger partial charge in [-0.1, -0.05) is 12.1 Å². The molecular weight excluding hydrogens is 571 g/mol. The molecule has 0 bridgehead atoms. The SMILES string of the molecule is CNC(=O)c1c(-c2ccc(F)cc2)oc2cc(N(C)S(C)(=O)=O)c(-c3ccc4ncn(-c5cccc(OC)c5)c4c3)cc12. The zero-order valence-electron chi connectivity index (χ0n) is 23.8. The number of benzene rings is 4. The molecule has 2 aromatic heterocycles. The molecule has 11 heteroatoms. The van der Waals surface area contributed by atoms with E-state index in [9.17, 15) is 17.6 Å². The molecule has 1 amide bonds. The number of furan rings is 1. The second-order valence-electron chi connectivity index (χ2n) is 10.0. The number of carbonyl (C=O) groups excluding carboxylic acids is 1. The monoisotopic (exact) mass is 598 g/mol. The van der Waals surface area contributed by atoms with Gasteiger partial charge in [-0.2, -0.15) is 0 Å². The lowest BCUT2D eigenvalue weighted by atomic mass is 9.98. The zero-order valence-corrected chi connectivity index (χ0v) is 24.6. The number of hydrogen-bond donors (Lipinski definition) is 1. The first-order chi connectivity index (χ1) is 20.6. The number of fused-ring (bicyclic) bond motifs is 2. The summed E-state index contributed by atoms with van der Waals surface area (Å²) in [5.74, 6) is 0.103. The van der Waals surface area contributed by atoms with Gasteiger partial charge < -0.3 is 14.5 Å². The Balaban J connectivity index is 1.63. The van der Waals surface area contributed by atoms with Crippen LogP contribution in [0.15, 0.2) is 89.6 Å². The molecule has 2 heterocycles. The molecular formula is C32H27FN4O5S. The Hall–Kier alpha value is -5.16. The number of imidazole rings is 1. The molecule has 218 valence electrons. The third kappa shape index (κ3) is 4.97. The molecule has 0 atom stereocenters. The standard InChI is InChI=1S/C32H27FN4O5S/c1-34-32(38)30-25-16-24(20-10-13-26-28(14-20)37(18-35-26)22-6-5-7-23(15-22)41-3)27(36(2)43(4,39)40)17-29(25)42-31(30)19-8-11-21(33)12-9-19/h5-18H,1-4H3,(H,34,38). The van der Waals surface area contributed by atoms with E-state index >= 15 is 0 Å². The highest BCUT2D eigenvalue weighted by Crippen LogP contribution is 2.42. The molecule has 0 fully saturated rings. The predicted molar refractivity (Wildman–Crippen MR) is 165 cm³/mol. The maximum atomic E-state index is 13.7. The number of rotatable bonds is 7. The van der Waals surface area contributed by atoms with Crippen molar-refractivity contribution in [2.24, 2.45) is 0 Å². The van der Waals surface area contributed by atoms with Gasteiger partial charge in [0.05, 0.1) is 41.3 Å². The summed E-state index contributed by atoms with van der Waals surface area (Å²) in [4.78, 5) is 17.7. The number of nitrogens with one attached hydrogen (secondary N) is 1. The largest absolute Gasteiger partial charge is 0.497 e. The summed E-state index contributed by atoms with van der Waals surface area (Å²) in [5.41, 5.74) is 5.00. The quantitative estimate of drug-likeness (QED) is 0.241. The van der Waals surface area contributed by atoms with Crippen LogP contribution in [0.3, 0.4) is 0 Å². The molecule has 9 nitrogen and oxygen atoms in total. The van der Waals surface area contributed by atoms with E-state index in [2.05, 4.69) is 10.3 Å². The van der Waals surface area contributed by atoms with Crippen molar-refractivity contribution >= 4 is 43.6 Å². The number of aromatic nitrogens is 2. The summed E-state index contributed by atoms with van der Waals surface area (Å²) in [7, 11) is 0.884. The molecule has 4 aromatic carbocycles. The average molecular weight is 599 g/mol. The first-order valence-corrected chi connectivity index (χ1v) is 15.1. The molecule has 0 aliphatic carbocycles. The summed E-state index contributed by atoms with van der Waals surface area (Å²) in [6.45, 7) is 0. The van der Waals surface area contributed by atoms with Crippen LogP contribution in [-0.2, 0) is 10.0 Å². The lowest BCUT2D eigenvalue weighted by Gasteiger charge is -2.21. The van der Waals surface area contributed by atoms with Crippen molar-refractivity contribution in [1.29, 1.82) is 0 Å². The Morgan fingerprint density at radius 1 is 1.02 bits per heavy atom. The molecule has 43 heavy (non-hydrogen) atoms. The highest BCUT2D eigenvalue weighted by molar-refractivity contribution is 7.92. The van der Waals surface area contributed by atoms with Crippen LogP contribution in [0.2, 0.25) is 0 Å². The fourth-order valence-corrected chi connectivity index (χ4v) is 5.61. The van der Waals surface area contributed by atoms with E-state index in [1.54, 1.807) is 25.6 Å². The fraction of sp³-hybridized carbons (Fsp3) is 0.125. The van der Waals surface area contributed by atoms with Crippen LogP contribution < -0.4 is 14.4 Å². The minimum Gasteiger partial charge on any atom is -0.497 e. The van der Waals surface area contributed by atoms with Gasteiger partial charge in [0, 0.05) is 42.7 Å². The number of carbonyl (C=O) groups is 1. The van der Waals surface area contributed by atoms with Crippen LogP contribution in [0.25, 0.3) is 50.1 Å². The van der Waals surface area contributed by atoms with Crippen molar-refractivity contribution in [3.8, 4) is 33.9 Å². The molecule has 0 radical (unpaired) electrons. The zero-order chi connectivity index (χ0) is 30.5. The Kier molecular flexibility index (Phi) is 6.89. The van der Waals surface area contributed by atoms with Crippen LogP contribution in [0.5, 0.6) is 5.75 Å². The molecule has 0 unspecified atom stereocenters. The maximum Gasteiger partial charge on any atom is 0.255 e. The Labute approximate surface area is 247 Å². The van der Waals surface area contributed by atoms with Crippen molar-refractivity contribution in [3.05, 3.63) is 96.6 Å². The van der Waals surface area contributed by atoms with Crippen LogP contribution in [0.4, 0.5) is 10.1 Å². The summed E-state index contributed by atoms with van der Waals surface area (Å²) < 4.78 is 53.9. The molecule has 0 saturated heterocycles. The van der Waals surface area contributed by atoms with Crippen LogP contribution in [0.1, 0.15) is 10.4 Å². The molecule has 0 spiro atoms. The molecule has 6 rings (SSSR count). The van der Waals surface area contributed by atoms with Gasteiger partial charge in [-0.05, 0) is 60.2 Å². The number of ether oxygens (including phenoxy) is 1. The lowest BCUT2D eigenvalue weighted by molar-refractivity contribution is 0.0964. The first-order valence-electron chi connectivity index (χ1n) is 13.2. The van der Waals surface area contributed by atoms with Crippen molar-refractivity contribution in [3.63, 3.8) is 0 Å². The summed E-state index contributed by atoms with van der Waals surface area (Å²) in [6, 6.07) is 22.2. The second kappa shape index (κ2) is 10.6. The molecule has 0 aliphatic rings. The molecule has 6 aromatic rings. The van der Waals surface area contributed by atoms with Gasteiger partial charge in [0.15, 0.2) is 0 Å². The van der Waals surface area contributed by atoms with Gasteiger partial charge in [0.25, 0.3) is 5.91 Å². The van der Waals surface area contributed by atoms with Gasteiger partial charge in [0.1, 0.15) is 29.2 Å². The summed E-state index contributed by atoms with van der Waals surface area (Å²) in [5, 5.41) is 3.13. The molecule has 0 aliphatic heterocycles. The fourth-order valence-electron chi connectivity index (χ4n) is 5.10. The minimum atomic E-state index is -3.69. The Bertz CT molecular complexity index is 2140.